The zero-order chi connectivity index (χ0) is 20.8. The van der Waals surface area contributed by atoms with Crippen molar-refractivity contribution in [2.45, 2.75) is 90.6 Å². The van der Waals surface area contributed by atoms with E-state index in [-0.39, 0.29) is 18.3 Å². The van der Waals surface area contributed by atoms with E-state index in [1.165, 1.54) is 38.5 Å². The van der Waals surface area contributed by atoms with E-state index in [1.807, 2.05) is 0 Å². The second kappa shape index (κ2) is 10.6. The van der Waals surface area contributed by atoms with Crippen molar-refractivity contribution in [2.75, 3.05) is 6.61 Å². The monoisotopic (exact) mass is 412 g/mol. The molecule has 0 aromatic heterocycles. The maximum absolute atomic E-state index is 15.0. The molecule has 5 heteroatoms. The van der Waals surface area contributed by atoms with Crippen LogP contribution in [0.15, 0.2) is 12.1 Å². The summed E-state index contributed by atoms with van der Waals surface area (Å²) in [5, 5.41) is 0. The van der Waals surface area contributed by atoms with Crippen LogP contribution in [0, 0.1) is 23.6 Å². The normalized spacial score (nSPS) is 27.8. The van der Waals surface area contributed by atoms with Gasteiger partial charge in [0.15, 0.2) is 11.6 Å². The zero-order valence-corrected chi connectivity index (χ0v) is 17.8. The Bertz CT molecular complexity index is 633. The molecule has 0 radical (unpaired) electrons. The lowest BCUT2D eigenvalue weighted by atomic mass is 9.68. The molecule has 2 aliphatic rings. The third kappa shape index (κ3) is 5.61. The van der Waals surface area contributed by atoms with Gasteiger partial charge < -0.3 is 9.47 Å². The fraction of sp³-hybridized carbons (Fsp3) is 0.750. The molecule has 1 aromatic rings. The molecule has 0 bridgehead atoms. The molecule has 0 heterocycles. The summed E-state index contributed by atoms with van der Waals surface area (Å²) in [5.74, 6) is 1.45. The van der Waals surface area contributed by atoms with Crippen LogP contribution in [-0.2, 0) is 0 Å². The number of ether oxygens (including phenoxy) is 2. The third-order valence-corrected chi connectivity index (χ3v) is 7.06. The summed E-state index contributed by atoms with van der Waals surface area (Å²) >= 11 is 0. The van der Waals surface area contributed by atoms with Gasteiger partial charge in [-0.3, -0.25) is 0 Å². The third-order valence-electron chi connectivity index (χ3n) is 7.06. The Kier molecular flexibility index (Phi) is 8.14. The predicted molar refractivity (Wildman–Crippen MR) is 109 cm³/mol. The summed E-state index contributed by atoms with van der Waals surface area (Å²) in [6.07, 6.45) is 12.1. The van der Waals surface area contributed by atoms with Crippen molar-refractivity contribution in [1.82, 2.24) is 0 Å². The van der Waals surface area contributed by atoms with Crippen LogP contribution in [0.5, 0.6) is 11.5 Å². The Morgan fingerprint density at radius 1 is 0.931 bits per heavy atom. The fourth-order valence-corrected chi connectivity index (χ4v) is 5.60. The van der Waals surface area contributed by atoms with Gasteiger partial charge in [-0.2, -0.15) is 8.78 Å². The molecule has 2 saturated carbocycles. The molecule has 2 fully saturated rings. The number of hydrogen-bond acceptors (Lipinski definition) is 2. The Labute approximate surface area is 173 Å². The van der Waals surface area contributed by atoms with Crippen LogP contribution in [0.25, 0.3) is 0 Å². The van der Waals surface area contributed by atoms with E-state index in [1.54, 1.807) is 19.1 Å². The highest BCUT2D eigenvalue weighted by Crippen LogP contribution is 2.46. The van der Waals surface area contributed by atoms with Crippen LogP contribution in [0.2, 0.25) is 0 Å². The Morgan fingerprint density at radius 3 is 2.10 bits per heavy atom. The van der Waals surface area contributed by atoms with Crippen molar-refractivity contribution in [3.8, 4) is 11.5 Å². The summed E-state index contributed by atoms with van der Waals surface area (Å²) < 4.78 is 50.4. The van der Waals surface area contributed by atoms with Gasteiger partial charge in [-0.05, 0) is 80.8 Å². The van der Waals surface area contributed by atoms with Gasteiger partial charge in [0, 0.05) is 0 Å². The molecule has 0 amide bonds. The first-order valence-electron chi connectivity index (χ1n) is 11.4. The van der Waals surface area contributed by atoms with Gasteiger partial charge >= 0.3 is 6.61 Å². The van der Waals surface area contributed by atoms with Crippen LogP contribution in [0.3, 0.4) is 0 Å². The smallest absolute Gasteiger partial charge is 0.387 e. The second-order valence-corrected chi connectivity index (χ2v) is 8.79. The number of rotatable bonds is 8. The van der Waals surface area contributed by atoms with Gasteiger partial charge in [0.2, 0.25) is 5.75 Å². The first kappa shape index (κ1) is 22.3. The maximum Gasteiger partial charge on any atom is 0.387 e. The molecule has 0 atom stereocenters. The second-order valence-electron chi connectivity index (χ2n) is 8.79. The number of benzene rings is 1. The van der Waals surface area contributed by atoms with Gasteiger partial charge in [0.05, 0.1) is 6.61 Å². The van der Waals surface area contributed by atoms with Crippen molar-refractivity contribution >= 4 is 0 Å². The zero-order valence-electron chi connectivity index (χ0n) is 17.8. The highest BCUT2D eigenvalue weighted by atomic mass is 19.3. The van der Waals surface area contributed by atoms with Crippen molar-refractivity contribution < 1.29 is 22.6 Å². The molecule has 29 heavy (non-hydrogen) atoms. The summed E-state index contributed by atoms with van der Waals surface area (Å²) in [6, 6.07) is 3.26. The number of alkyl halides is 2. The van der Waals surface area contributed by atoms with Crippen molar-refractivity contribution in [3.05, 3.63) is 23.5 Å². The van der Waals surface area contributed by atoms with Crippen molar-refractivity contribution in [3.63, 3.8) is 0 Å². The SMILES string of the molecule is CCCC1CCC(C2CCC(c3ccc(OCC)c(OC(F)F)c3F)CC2)CC1. The quantitative estimate of drug-likeness (QED) is 0.435. The summed E-state index contributed by atoms with van der Waals surface area (Å²) in [4.78, 5) is 0. The molecular weight excluding hydrogens is 377 g/mol. The minimum absolute atomic E-state index is 0.0478. The van der Waals surface area contributed by atoms with Crippen LogP contribution in [-0.4, -0.2) is 13.2 Å². The van der Waals surface area contributed by atoms with Gasteiger partial charge in [-0.15, -0.1) is 0 Å². The van der Waals surface area contributed by atoms with Crippen molar-refractivity contribution in [1.29, 1.82) is 0 Å². The van der Waals surface area contributed by atoms with E-state index in [4.69, 9.17) is 4.74 Å². The summed E-state index contributed by atoms with van der Waals surface area (Å²) in [6.45, 7) is 1.20. The maximum atomic E-state index is 15.0. The molecule has 3 rings (SSSR count). The highest BCUT2D eigenvalue weighted by Gasteiger charge is 2.33. The number of halogens is 3. The molecule has 0 aliphatic heterocycles. The minimum Gasteiger partial charge on any atom is -0.490 e. The van der Waals surface area contributed by atoms with Crippen LogP contribution >= 0.6 is 0 Å². The van der Waals surface area contributed by atoms with Gasteiger partial charge in [0.25, 0.3) is 0 Å². The molecule has 2 aliphatic carbocycles. The minimum atomic E-state index is -3.07. The molecule has 0 N–H and O–H groups in total. The first-order chi connectivity index (χ1) is 14.0. The Balaban J connectivity index is 1.62. The average Bonchev–Trinajstić information content (AvgIpc) is 2.72. The molecule has 0 unspecified atom stereocenters. The van der Waals surface area contributed by atoms with Gasteiger partial charge in [-0.1, -0.05) is 38.7 Å². The van der Waals surface area contributed by atoms with Gasteiger partial charge in [0.1, 0.15) is 0 Å². The molecule has 164 valence electrons. The Hall–Kier alpha value is -1.39. The largest absolute Gasteiger partial charge is 0.490 e. The Morgan fingerprint density at radius 2 is 1.55 bits per heavy atom. The first-order valence-corrected chi connectivity index (χ1v) is 11.4. The van der Waals surface area contributed by atoms with Gasteiger partial charge in [-0.25, -0.2) is 4.39 Å². The van der Waals surface area contributed by atoms with E-state index >= 15 is 4.39 Å². The average molecular weight is 413 g/mol. The van der Waals surface area contributed by atoms with Crippen LogP contribution in [0.1, 0.15) is 89.5 Å². The van der Waals surface area contributed by atoms with E-state index in [0.29, 0.717) is 5.56 Å². The van der Waals surface area contributed by atoms with E-state index in [0.717, 1.165) is 43.4 Å². The highest BCUT2D eigenvalue weighted by molar-refractivity contribution is 5.46. The van der Waals surface area contributed by atoms with E-state index < -0.39 is 18.2 Å². The fourth-order valence-electron chi connectivity index (χ4n) is 5.60. The molecule has 1 aromatic carbocycles. The molecule has 0 spiro atoms. The summed E-state index contributed by atoms with van der Waals surface area (Å²) in [7, 11) is 0. The molecule has 2 nitrogen and oxygen atoms in total. The topological polar surface area (TPSA) is 18.5 Å². The molecular formula is C24H35F3O2. The van der Waals surface area contributed by atoms with Crippen LogP contribution < -0.4 is 9.47 Å². The predicted octanol–water partition coefficient (Wildman–Crippen LogP) is 7.71. The lowest BCUT2D eigenvalue weighted by Crippen LogP contribution is -2.25. The lowest BCUT2D eigenvalue weighted by Gasteiger charge is -2.38. The standard InChI is InChI=1S/C24H35F3O2/c1-3-5-16-6-8-17(9-7-16)18-10-12-19(13-11-18)20-14-15-21(28-4-2)23(22(20)25)29-24(26)27/h14-19,24H,3-13H2,1-2H3. The van der Waals surface area contributed by atoms with E-state index in [2.05, 4.69) is 11.7 Å². The molecule has 0 saturated heterocycles. The van der Waals surface area contributed by atoms with Crippen molar-refractivity contribution in [2.24, 2.45) is 17.8 Å². The van der Waals surface area contributed by atoms with Crippen LogP contribution in [0.4, 0.5) is 13.2 Å². The number of hydrogen-bond donors (Lipinski definition) is 0. The lowest BCUT2D eigenvalue weighted by molar-refractivity contribution is -0.0540. The van der Waals surface area contributed by atoms with E-state index in [9.17, 15) is 8.78 Å². The summed E-state index contributed by atoms with van der Waals surface area (Å²) in [5.41, 5.74) is 0.495.